The molecule has 0 saturated heterocycles. The van der Waals surface area contributed by atoms with Crippen molar-refractivity contribution in [1.29, 1.82) is 0 Å². The third-order valence-corrected chi connectivity index (χ3v) is 4.02. The first-order valence-electron chi connectivity index (χ1n) is 6.38. The van der Waals surface area contributed by atoms with Crippen molar-refractivity contribution in [2.75, 3.05) is 5.75 Å². The molecule has 0 saturated carbocycles. The lowest BCUT2D eigenvalue weighted by molar-refractivity contribution is -0.136. The number of aromatic nitrogens is 2. The Bertz CT molecular complexity index is 449. The van der Waals surface area contributed by atoms with Gasteiger partial charge in [0.2, 0.25) is 0 Å². The van der Waals surface area contributed by atoms with Crippen LogP contribution in [0.25, 0.3) is 0 Å². The first-order valence-corrected chi connectivity index (χ1v) is 7.36. The lowest BCUT2D eigenvalue weighted by atomic mass is 10.1. The number of hydrogen-bond donors (Lipinski definition) is 1. The molecule has 1 aromatic heterocycles. The number of carboxylic acids is 1. The number of nitrogens with zero attached hydrogens (tertiary/aromatic N) is 2. The Kier molecular flexibility index (Phi) is 4.58. The zero-order valence-electron chi connectivity index (χ0n) is 10.6. The van der Waals surface area contributed by atoms with Crippen molar-refractivity contribution in [2.45, 2.75) is 50.6 Å². The molecule has 0 bridgehead atoms. The second kappa shape index (κ2) is 6.18. The molecule has 1 aliphatic carbocycles. The average molecular weight is 266 g/mol. The van der Waals surface area contributed by atoms with Gasteiger partial charge < -0.3 is 5.11 Å². The minimum atomic E-state index is -0.769. The fourth-order valence-corrected chi connectivity index (χ4v) is 3.06. The lowest BCUT2D eigenvalue weighted by Gasteiger charge is -2.09. The van der Waals surface area contributed by atoms with Gasteiger partial charge in [-0.3, -0.25) is 4.79 Å². The predicted octanol–water partition coefficient (Wildman–Crippen LogP) is 2.62. The minimum absolute atomic E-state index is 0.157. The quantitative estimate of drug-likeness (QED) is 0.515. The summed E-state index contributed by atoms with van der Waals surface area (Å²) < 4.78 is 0. The van der Waals surface area contributed by atoms with Gasteiger partial charge in [0, 0.05) is 17.1 Å². The zero-order chi connectivity index (χ0) is 13.0. The summed E-state index contributed by atoms with van der Waals surface area (Å²) in [6, 6.07) is 0. The highest BCUT2D eigenvalue weighted by atomic mass is 32.2. The van der Waals surface area contributed by atoms with Crippen molar-refractivity contribution in [2.24, 2.45) is 0 Å². The van der Waals surface area contributed by atoms with Gasteiger partial charge in [0.1, 0.15) is 0 Å². The number of aryl methyl sites for hydroxylation is 2. The van der Waals surface area contributed by atoms with Gasteiger partial charge in [0.25, 0.3) is 0 Å². The standard InChI is InChI=1S/C13H18N2O2S/c1-9-10-5-3-2-4-6-11(10)15-13(14-9)18-8-7-12(16)17/h2-8H2,1H3,(H,16,17). The van der Waals surface area contributed by atoms with E-state index in [1.165, 1.54) is 42.3 Å². The second-order valence-corrected chi connectivity index (χ2v) is 5.63. The molecule has 0 aliphatic heterocycles. The Morgan fingerprint density at radius 1 is 1.28 bits per heavy atom. The fraction of sp³-hybridized carbons (Fsp3) is 0.615. The Balaban J connectivity index is 2.10. The van der Waals surface area contributed by atoms with Crippen LogP contribution in [0.5, 0.6) is 0 Å². The van der Waals surface area contributed by atoms with Crippen LogP contribution in [0.4, 0.5) is 0 Å². The van der Waals surface area contributed by atoms with Crippen molar-refractivity contribution in [3.05, 3.63) is 17.0 Å². The molecule has 0 fully saturated rings. The summed E-state index contributed by atoms with van der Waals surface area (Å²) >= 11 is 1.44. The van der Waals surface area contributed by atoms with E-state index in [1.807, 2.05) is 6.92 Å². The van der Waals surface area contributed by atoms with E-state index in [0.717, 1.165) is 23.7 Å². The Labute approximate surface area is 111 Å². The Morgan fingerprint density at radius 2 is 2.06 bits per heavy atom. The molecule has 0 unspecified atom stereocenters. The third-order valence-electron chi connectivity index (χ3n) is 3.17. The van der Waals surface area contributed by atoms with Gasteiger partial charge >= 0.3 is 5.97 Å². The van der Waals surface area contributed by atoms with Crippen molar-refractivity contribution in [3.63, 3.8) is 0 Å². The molecule has 2 rings (SSSR count). The van der Waals surface area contributed by atoms with E-state index >= 15 is 0 Å². The smallest absolute Gasteiger partial charge is 0.304 e. The van der Waals surface area contributed by atoms with E-state index in [-0.39, 0.29) is 6.42 Å². The molecule has 0 radical (unpaired) electrons. The summed E-state index contributed by atoms with van der Waals surface area (Å²) in [7, 11) is 0. The Morgan fingerprint density at radius 3 is 2.83 bits per heavy atom. The van der Waals surface area contributed by atoms with Gasteiger partial charge in [0.05, 0.1) is 6.42 Å². The van der Waals surface area contributed by atoms with E-state index < -0.39 is 5.97 Å². The molecule has 1 aromatic rings. The van der Waals surface area contributed by atoms with E-state index in [9.17, 15) is 4.79 Å². The molecule has 5 heteroatoms. The summed E-state index contributed by atoms with van der Waals surface area (Å²) in [4.78, 5) is 19.6. The number of carboxylic acid groups (broad SMARTS) is 1. The summed E-state index contributed by atoms with van der Waals surface area (Å²) in [5, 5.41) is 9.35. The van der Waals surface area contributed by atoms with Gasteiger partial charge in [-0.15, -0.1) is 0 Å². The molecule has 0 spiro atoms. The van der Waals surface area contributed by atoms with Crippen LogP contribution in [-0.2, 0) is 17.6 Å². The molecule has 1 N–H and O–H groups in total. The summed E-state index contributed by atoms with van der Waals surface area (Å²) in [6.07, 6.45) is 5.96. The molecular formula is C13H18N2O2S. The molecule has 18 heavy (non-hydrogen) atoms. The van der Waals surface area contributed by atoms with Crippen molar-refractivity contribution >= 4 is 17.7 Å². The minimum Gasteiger partial charge on any atom is -0.481 e. The number of thioether (sulfide) groups is 1. The van der Waals surface area contributed by atoms with Gasteiger partial charge in [-0.1, -0.05) is 18.2 Å². The van der Waals surface area contributed by atoms with E-state index in [2.05, 4.69) is 9.97 Å². The molecule has 0 amide bonds. The van der Waals surface area contributed by atoms with Gasteiger partial charge in [-0.05, 0) is 38.2 Å². The highest BCUT2D eigenvalue weighted by Gasteiger charge is 2.14. The van der Waals surface area contributed by atoms with Crippen LogP contribution in [0.3, 0.4) is 0 Å². The number of aliphatic carboxylic acids is 1. The highest BCUT2D eigenvalue weighted by molar-refractivity contribution is 7.99. The number of fused-ring (bicyclic) bond motifs is 1. The molecule has 0 aromatic carbocycles. The molecule has 4 nitrogen and oxygen atoms in total. The average Bonchev–Trinajstić information content (AvgIpc) is 2.54. The first kappa shape index (κ1) is 13.3. The SMILES string of the molecule is Cc1nc(SCCC(=O)O)nc2c1CCCCC2. The van der Waals surface area contributed by atoms with E-state index in [4.69, 9.17) is 5.11 Å². The summed E-state index contributed by atoms with van der Waals surface area (Å²) in [6.45, 7) is 2.03. The second-order valence-electron chi connectivity index (χ2n) is 4.57. The molecule has 0 atom stereocenters. The van der Waals surface area contributed by atoms with Crippen LogP contribution < -0.4 is 0 Å². The van der Waals surface area contributed by atoms with Gasteiger partial charge in [0.15, 0.2) is 5.16 Å². The fourth-order valence-electron chi connectivity index (χ4n) is 2.22. The monoisotopic (exact) mass is 266 g/mol. The molecule has 98 valence electrons. The zero-order valence-corrected chi connectivity index (χ0v) is 11.4. The predicted molar refractivity (Wildman–Crippen MR) is 71.0 cm³/mol. The van der Waals surface area contributed by atoms with Crippen LogP contribution in [0, 0.1) is 6.92 Å². The van der Waals surface area contributed by atoms with Crippen molar-refractivity contribution in [3.8, 4) is 0 Å². The number of hydrogen-bond acceptors (Lipinski definition) is 4. The van der Waals surface area contributed by atoms with Gasteiger partial charge in [-0.2, -0.15) is 0 Å². The van der Waals surface area contributed by atoms with Gasteiger partial charge in [-0.25, -0.2) is 9.97 Å². The maximum Gasteiger partial charge on any atom is 0.304 e. The van der Waals surface area contributed by atoms with E-state index in [1.54, 1.807) is 0 Å². The van der Waals surface area contributed by atoms with Crippen LogP contribution in [0.2, 0.25) is 0 Å². The Hall–Kier alpha value is -1.10. The maximum atomic E-state index is 10.5. The summed E-state index contributed by atoms with van der Waals surface area (Å²) in [5.41, 5.74) is 3.56. The molecule has 1 aliphatic rings. The first-order chi connectivity index (χ1) is 8.66. The van der Waals surface area contributed by atoms with Crippen molar-refractivity contribution in [1.82, 2.24) is 9.97 Å². The summed E-state index contributed by atoms with van der Waals surface area (Å²) in [5.74, 6) is -0.234. The highest BCUT2D eigenvalue weighted by Crippen LogP contribution is 2.24. The topological polar surface area (TPSA) is 63.1 Å². The molecule has 1 heterocycles. The number of rotatable bonds is 4. The van der Waals surface area contributed by atoms with Crippen molar-refractivity contribution < 1.29 is 9.90 Å². The van der Waals surface area contributed by atoms with Crippen LogP contribution in [-0.4, -0.2) is 26.8 Å². The van der Waals surface area contributed by atoms with Crippen LogP contribution in [0.1, 0.15) is 42.6 Å². The normalized spacial score (nSPS) is 14.9. The number of carbonyl (C=O) groups is 1. The largest absolute Gasteiger partial charge is 0.481 e. The third kappa shape index (κ3) is 3.45. The van der Waals surface area contributed by atoms with Crippen LogP contribution in [0.15, 0.2) is 5.16 Å². The molecular weight excluding hydrogens is 248 g/mol. The van der Waals surface area contributed by atoms with Crippen LogP contribution >= 0.6 is 11.8 Å². The van der Waals surface area contributed by atoms with E-state index in [0.29, 0.717) is 5.75 Å². The maximum absolute atomic E-state index is 10.5. The lowest BCUT2D eigenvalue weighted by Crippen LogP contribution is -2.04.